The first-order valence-electron chi connectivity index (χ1n) is 11.9. The van der Waals surface area contributed by atoms with E-state index in [1.165, 1.54) is 4.90 Å². The number of ether oxygens (including phenoxy) is 2. The largest absolute Gasteiger partial charge is 0.446 e. The molecular formula is C27H34ClNO4. The van der Waals surface area contributed by atoms with Crippen molar-refractivity contribution >= 4 is 23.6 Å². The minimum absolute atomic E-state index is 0.0246. The van der Waals surface area contributed by atoms with E-state index >= 15 is 0 Å². The zero-order valence-corrected chi connectivity index (χ0v) is 20.6. The molecule has 5 nitrogen and oxygen atoms in total. The van der Waals surface area contributed by atoms with Crippen molar-refractivity contribution in [2.75, 3.05) is 6.61 Å². The summed E-state index contributed by atoms with van der Waals surface area (Å²) in [6.45, 7) is 8.34. The molecule has 2 amide bonds. The van der Waals surface area contributed by atoms with Crippen molar-refractivity contribution in [3.8, 4) is 0 Å². The lowest BCUT2D eigenvalue weighted by molar-refractivity contribution is -0.130. The van der Waals surface area contributed by atoms with Crippen LogP contribution in [0, 0.1) is 5.92 Å². The van der Waals surface area contributed by atoms with Gasteiger partial charge < -0.3 is 9.47 Å². The second-order valence-corrected chi connectivity index (χ2v) is 9.05. The maximum absolute atomic E-state index is 13.5. The normalized spacial score (nSPS) is 25.6. The minimum atomic E-state index is -0.567. The summed E-state index contributed by atoms with van der Waals surface area (Å²) in [4.78, 5) is 27.2. The number of nitrogens with zero attached hydrogens (tertiary/aromatic N) is 1. The first-order chi connectivity index (χ1) is 15.9. The van der Waals surface area contributed by atoms with Gasteiger partial charge in [0, 0.05) is 11.4 Å². The Morgan fingerprint density at radius 3 is 2.24 bits per heavy atom. The maximum atomic E-state index is 13.5. The van der Waals surface area contributed by atoms with Gasteiger partial charge in [0.25, 0.3) is 0 Å². The second-order valence-electron chi connectivity index (χ2n) is 8.62. The third-order valence-electron chi connectivity index (χ3n) is 6.32. The van der Waals surface area contributed by atoms with E-state index in [1.54, 1.807) is 0 Å². The number of amides is 2. The molecule has 4 unspecified atom stereocenters. The van der Waals surface area contributed by atoms with Crippen molar-refractivity contribution in [2.24, 2.45) is 5.92 Å². The van der Waals surface area contributed by atoms with Crippen LogP contribution in [-0.2, 0) is 14.3 Å². The average Bonchev–Trinajstić information content (AvgIpc) is 3.21. The van der Waals surface area contributed by atoms with Crippen LogP contribution < -0.4 is 0 Å². The fraction of sp³-hybridized carbons (Fsp3) is 0.481. The number of carbonyl (C=O) groups excluding carboxylic acids is 2. The van der Waals surface area contributed by atoms with Gasteiger partial charge in [-0.1, -0.05) is 67.9 Å². The molecule has 0 bridgehead atoms. The van der Waals surface area contributed by atoms with E-state index in [0.717, 1.165) is 24.0 Å². The van der Waals surface area contributed by atoms with Crippen LogP contribution >= 0.6 is 11.6 Å². The fourth-order valence-corrected chi connectivity index (χ4v) is 5.08. The number of halogens is 1. The summed E-state index contributed by atoms with van der Waals surface area (Å²) < 4.78 is 11.2. The lowest BCUT2D eigenvalue weighted by Crippen LogP contribution is -2.38. The summed E-state index contributed by atoms with van der Waals surface area (Å²) in [5.41, 5.74) is 1.96. The highest BCUT2D eigenvalue weighted by molar-refractivity contribution is 6.30. The molecule has 4 atom stereocenters. The van der Waals surface area contributed by atoms with Crippen LogP contribution in [0.3, 0.4) is 0 Å². The molecule has 2 aliphatic rings. The van der Waals surface area contributed by atoms with Crippen LogP contribution in [0.25, 0.3) is 0 Å². The monoisotopic (exact) mass is 471 g/mol. The number of hydrogen-bond acceptors (Lipinski definition) is 4. The summed E-state index contributed by atoms with van der Waals surface area (Å²) in [5.74, 6) is 0.0455. The summed E-state index contributed by atoms with van der Waals surface area (Å²) in [6, 6.07) is 16.9. The van der Waals surface area contributed by atoms with Crippen molar-refractivity contribution < 1.29 is 19.1 Å². The Morgan fingerprint density at radius 1 is 1.03 bits per heavy atom. The Bertz CT molecular complexity index is 907. The van der Waals surface area contributed by atoms with E-state index in [4.69, 9.17) is 21.1 Å². The Labute approximate surface area is 202 Å². The fourth-order valence-electron chi connectivity index (χ4n) is 4.96. The molecular weight excluding hydrogens is 438 g/mol. The molecule has 2 aromatic rings. The molecule has 178 valence electrons. The number of rotatable bonds is 5. The number of imide groups is 1. The van der Waals surface area contributed by atoms with Crippen molar-refractivity contribution in [1.29, 1.82) is 0 Å². The van der Waals surface area contributed by atoms with Gasteiger partial charge in [-0.3, -0.25) is 4.79 Å². The van der Waals surface area contributed by atoms with Gasteiger partial charge in [0.2, 0.25) is 5.91 Å². The van der Waals surface area contributed by atoms with Gasteiger partial charge in [-0.05, 0) is 61.8 Å². The third kappa shape index (κ3) is 6.15. The molecule has 2 aromatic carbocycles. The Kier molecular flexibility index (Phi) is 8.93. The van der Waals surface area contributed by atoms with Crippen molar-refractivity contribution in [2.45, 2.75) is 71.1 Å². The van der Waals surface area contributed by atoms with Crippen LogP contribution in [0.2, 0.25) is 5.02 Å². The number of cyclic esters (lactones) is 1. The van der Waals surface area contributed by atoms with E-state index < -0.39 is 6.09 Å². The molecule has 0 N–H and O–H groups in total. The highest BCUT2D eigenvalue weighted by atomic mass is 35.5. The molecule has 2 fully saturated rings. The summed E-state index contributed by atoms with van der Waals surface area (Å²) in [5, 5.41) is 0.662. The van der Waals surface area contributed by atoms with Gasteiger partial charge in [0.15, 0.2) is 0 Å². The highest BCUT2D eigenvalue weighted by Gasteiger charge is 2.41. The number of benzene rings is 2. The highest BCUT2D eigenvalue weighted by Crippen LogP contribution is 2.40. The Hall–Kier alpha value is -2.37. The Balaban J connectivity index is 0.00000149. The van der Waals surface area contributed by atoms with Crippen LogP contribution in [0.4, 0.5) is 4.79 Å². The molecule has 2 heterocycles. The Morgan fingerprint density at radius 2 is 1.64 bits per heavy atom. The summed E-state index contributed by atoms with van der Waals surface area (Å²) in [6.07, 6.45) is 1.68. The molecule has 33 heavy (non-hydrogen) atoms. The predicted octanol–water partition coefficient (Wildman–Crippen LogP) is 6.76. The van der Waals surface area contributed by atoms with Gasteiger partial charge in [-0.2, -0.15) is 0 Å². The summed E-state index contributed by atoms with van der Waals surface area (Å²) >= 11 is 6.11. The van der Waals surface area contributed by atoms with Crippen LogP contribution in [0.1, 0.15) is 70.0 Å². The third-order valence-corrected chi connectivity index (χ3v) is 6.57. The average molecular weight is 472 g/mol. The zero-order chi connectivity index (χ0) is 24.0. The van der Waals surface area contributed by atoms with Gasteiger partial charge in [0.05, 0.1) is 12.2 Å². The van der Waals surface area contributed by atoms with Crippen molar-refractivity contribution in [3.05, 3.63) is 70.7 Å². The van der Waals surface area contributed by atoms with Gasteiger partial charge in [-0.25, -0.2) is 9.69 Å². The molecule has 0 spiro atoms. The second kappa shape index (κ2) is 11.7. The van der Waals surface area contributed by atoms with E-state index in [0.29, 0.717) is 5.02 Å². The molecule has 4 rings (SSSR count). The SMILES string of the molecule is CC.CC1CC(C(CC(=O)N2C(=O)OCC2c2ccccc2)c2ccc(Cl)cc2)CC(C)O1. The molecule has 2 saturated heterocycles. The molecule has 0 aliphatic carbocycles. The van der Waals surface area contributed by atoms with Gasteiger partial charge >= 0.3 is 6.09 Å². The smallest absolute Gasteiger partial charge is 0.417 e. The topological polar surface area (TPSA) is 55.8 Å². The number of carbonyl (C=O) groups is 2. The van der Waals surface area contributed by atoms with Gasteiger partial charge in [-0.15, -0.1) is 0 Å². The molecule has 0 saturated carbocycles. The lowest BCUT2D eigenvalue weighted by Gasteiger charge is -2.37. The van der Waals surface area contributed by atoms with Crippen molar-refractivity contribution in [1.82, 2.24) is 4.90 Å². The molecule has 0 radical (unpaired) electrons. The first-order valence-corrected chi connectivity index (χ1v) is 12.2. The van der Waals surface area contributed by atoms with E-state index in [-0.39, 0.29) is 49.0 Å². The van der Waals surface area contributed by atoms with Crippen LogP contribution in [-0.4, -0.2) is 35.7 Å². The van der Waals surface area contributed by atoms with E-state index in [2.05, 4.69) is 13.8 Å². The zero-order valence-electron chi connectivity index (χ0n) is 19.9. The van der Waals surface area contributed by atoms with E-state index in [1.807, 2.05) is 68.4 Å². The van der Waals surface area contributed by atoms with E-state index in [9.17, 15) is 9.59 Å². The first kappa shape index (κ1) is 25.3. The summed E-state index contributed by atoms with van der Waals surface area (Å²) in [7, 11) is 0. The van der Waals surface area contributed by atoms with Crippen LogP contribution in [0.15, 0.2) is 54.6 Å². The molecule has 0 aromatic heterocycles. The minimum Gasteiger partial charge on any atom is -0.446 e. The quantitative estimate of drug-likeness (QED) is 0.483. The predicted molar refractivity (Wildman–Crippen MR) is 130 cm³/mol. The van der Waals surface area contributed by atoms with Crippen LogP contribution in [0.5, 0.6) is 0 Å². The standard InChI is InChI=1S/C25H28ClNO4.C2H6/c1-16-12-20(13-17(2)31-16)22(18-8-10-21(26)11-9-18)14-24(28)27-23(15-30-25(27)29)19-6-4-3-5-7-19;1-2/h3-11,16-17,20,22-23H,12-15H2,1-2H3;1-2H3. The lowest BCUT2D eigenvalue weighted by atomic mass is 9.76. The molecule has 2 aliphatic heterocycles. The number of hydrogen-bond donors (Lipinski definition) is 0. The van der Waals surface area contributed by atoms with Gasteiger partial charge in [0.1, 0.15) is 12.6 Å². The molecule has 6 heteroatoms. The van der Waals surface area contributed by atoms with Crippen molar-refractivity contribution in [3.63, 3.8) is 0 Å². The maximum Gasteiger partial charge on any atom is 0.417 e.